The summed E-state index contributed by atoms with van der Waals surface area (Å²) in [7, 11) is 0. The molecule has 5 nitrogen and oxygen atoms in total. The summed E-state index contributed by atoms with van der Waals surface area (Å²) in [4.78, 5) is 24.3. The summed E-state index contributed by atoms with van der Waals surface area (Å²) >= 11 is 0. The molecule has 0 bridgehead atoms. The molecular formula is C25H23F3N2O3. The average molecular weight is 456 g/mol. The number of rotatable bonds is 9. The number of primary amides is 1. The number of carbonyl (C=O) groups is 2. The largest absolute Gasteiger partial charge is 0.489 e. The van der Waals surface area contributed by atoms with Gasteiger partial charge in [-0.25, -0.2) is 0 Å². The van der Waals surface area contributed by atoms with Crippen molar-refractivity contribution in [3.8, 4) is 5.75 Å². The van der Waals surface area contributed by atoms with Gasteiger partial charge in [0.2, 0.25) is 11.8 Å². The first-order chi connectivity index (χ1) is 15.7. The number of nitrogens with one attached hydrogen (secondary N) is 1. The van der Waals surface area contributed by atoms with E-state index in [0.29, 0.717) is 17.9 Å². The Hall–Kier alpha value is -3.81. The summed E-state index contributed by atoms with van der Waals surface area (Å²) in [6.45, 7) is 0.372. The molecule has 0 radical (unpaired) electrons. The highest BCUT2D eigenvalue weighted by molar-refractivity contribution is 5.87. The zero-order valence-corrected chi connectivity index (χ0v) is 17.6. The highest BCUT2D eigenvalue weighted by atomic mass is 19.4. The van der Waals surface area contributed by atoms with E-state index in [0.717, 1.165) is 17.7 Å². The van der Waals surface area contributed by atoms with Crippen molar-refractivity contribution < 1.29 is 27.5 Å². The van der Waals surface area contributed by atoms with Crippen LogP contribution in [0.5, 0.6) is 5.75 Å². The van der Waals surface area contributed by atoms with Crippen LogP contribution in [0.2, 0.25) is 0 Å². The Bertz CT molecular complexity index is 1100. The van der Waals surface area contributed by atoms with Crippen LogP contribution in [0.25, 0.3) is 0 Å². The Labute approximate surface area is 189 Å². The van der Waals surface area contributed by atoms with E-state index < -0.39 is 29.6 Å². The molecule has 0 aliphatic carbocycles. The summed E-state index contributed by atoms with van der Waals surface area (Å²) in [6.07, 6.45) is -4.70. The van der Waals surface area contributed by atoms with Crippen LogP contribution < -0.4 is 15.8 Å². The molecule has 2 amide bonds. The maximum Gasteiger partial charge on any atom is 0.416 e. The normalized spacial score (nSPS) is 12.1. The lowest BCUT2D eigenvalue weighted by molar-refractivity contribution is -0.137. The van der Waals surface area contributed by atoms with E-state index in [1.807, 2.05) is 30.3 Å². The molecule has 0 aliphatic heterocycles. The highest BCUT2D eigenvalue weighted by Gasteiger charge is 2.30. The van der Waals surface area contributed by atoms with Crippen LogP contribution >= 0.6 is 0 Å². The summed E-state index contributed by atoms with van der Waals surface area (Å²) < 4.78 is 44.4. The quantitative estimate of drug-likeness (QED) is 0.510. The van der Waals surface area contributed by atoms with E-state index >= 15 is 0 Å². The Morgan fingerprint density at radius 3 is 2.24 bits per heavy atom. The lowest BCUT2D eigenvalue weighted by atomic mass is 10.0. The number of hydrogen-bond donors (Lipinski definition) is 2. The third-order valence-electron chi connectivity index (χ3n) is 4.88. The van der Waals surface area contributed by atoms with E-state index in [-0.39, 0.29) is 18.4 Å². The molecule has 0 aliphatic rings. The van der Waals surface area contributed by atoms with E-state index in [1.54, 1.807) is 24.3 Å². The number of amides is 2. The lowest BCUT2D eigenvalue weighted by Crippen LogP contribution is -2.46. The molecule has 0 spiro atoms. The van der Waals surface area contributed by atoms with Crippen molar-refractivity contribution in [3.63, 3.8) is 0 Å². The minimum Gasteiger partial charge on any atom is -0.489 e. The van der Waals surface area contributed by atoms with Crippen molar-refractivity contribution in [1.29, 1.82) is 0 Å². The number of nitrogens with two attached hydrogens (primary N) is 1. The SMILES string of the molecule is NC(=O)[C@H](Cc1cccc(OCc2ccccc2)c1)NC(=O)Cc1cccc(C(F)(F)F)c1. The summed E-state index contributed by atoms with van der Waals surface area (Å²) in [5, 5.41) is 2.51. The molecule has 3 N–H and O–H groups in total. The van der Waals surface area contributed by atoms with E-state index in [4.69, 9.17) is 10.5 Å². The topological polar surface area (TPSA) is 81.4 Å². The predicted octanol–water partition coefficient (Wildman–Crippen LogP) is 4.04. The van der Waals surface area contributed by atoms with Crippen molar-refractivity contribution in [2.45, 2.75) is 31.7 Å². The first-order valence-corrected chi connectivity index (χ1v) is 10.2. The molecular weight excluding hydrogens is 433 g/mol. The second-order valence-corrected chi connectivity index (χ2v) is 7.52. The van der Waals surface area contributed by atoms with Gasteiger partial charge in [0.25, 0.3) is 0 Å². The molecule has 172 valence electrons. The molecule has 3 rings (SSSR count). The third-order valence-corrected chi connectivity index (χ3v) is 4.88. The molecule has 3 aromatic rings. The molecule has 1 atom stereocenters. The highest BCUT2D eigenvalue weighted by Crippen LogP contribution is 2.29. The van der Waals surface area contributed by atoms with Crippen molar-refractivity contribution in [2.75, 3.05) is 0 Å². The fourth-order valence-corrected chi connectivity index (χ4v) is 3.25. The summed E-state index contributed by atoms with van der Waals surface area (Å²) in [5.74, 6) is -0.757. The van der Waals surface area contributed by atoms with E-state index in [9.17, 15) is 22.8 Å². The lowest BCUT2D eigenvalue weighted by Gasteiger charge is -2.17. The number of ether oxygens (including phenoxy) is 1. The monoisotopic (exact) mass is 456 g/mol. The van der Waals surface area contributed by atoms with Crippen LogP contribution in [-0.2, 0) is 35.2 Å². The minimum absolute atomic E-state index is 0.117. The molecule has 0 saturated heterocycles. The first-order valence-electron chi connectivity index (χ1n) is 10.2. The zero-order valence-electron chi connectivity index (χ0n) is 17.6. The first kappa shape index (κ1) is 23.8. The molecule has 0 heterocycles. The third kappa shape index (κ3) is 7.38. The van der Waals surface area contributed by atoms with Crippen LogP contribution in [0.15, 0.2) is 78.9 Å². The molecule has 3 aromatic carbocycles. The van der Waals surface area contributed by atoms with Gasteiger partial charge >= 0.3 is 6.18 Å². The van der Waals surface area contributed by atoms with Crippen LogP contribution in [0.4, 0.5) is 13.2 Å². The number of halogens is 3. The summed E-state index contributed by atoms with van der Waals surface area (Å²) in [6, 6.07) is 20.1. The minimum atomic E-state index is -4.50. The maximum absolute atomic E-state index is 12.9. The Morgan fingerprint density at radius 2 is 1.55 bits per heavy atom. The second kappa shape index (κ2) is 10.7. The molecule has 0 saturated carbocycles. The van der Waals surface area contributed by atoms with Gasteiger partial charge in [-0.2, -0.15) is 13.2 Å². The standard InChI is InChI=1S/C25H23F3N2O3/c26-25(27,28)20-10-4-8-18(12-20)15-23(31)30-22(24(29)32)14-19-9-5-11-21(13-19)33-16-17-6-2-1-3-7-17/h1-13,22H,14-16H2,(H2,29,32)(H,30,31)/t22-/m0/s1. The Morgan fingerprint density at radius 1 is 0.879 bits per heavy atom. The van der Waals surface area contributed by atoms with E-state index in [2.05, 4.69) is 5.32 Å². The molecule has 33 heavy (non-hydrogen) atoms. The van der Waals surface area contributed by atoms with Gasteiger partial charge in [0.1, 0.15) is 18.4 Å². The smallest absolute Gasteiger partial charge is 0.416 e. The molecule has 8 heteroatoms. The van der Waals surface area contributed by atoms with Crippen molar-refractivity contribution in [2.24, 2.45) is 5.73 Å². The fourth-order valence-electron chi connectivity index (χ4n) is 3.25. The van der Waals surface area contributed by atoms with Gasteiger partial charge in [0, 0.05) is 6.42 Å². The number of alkyl halides is 3. The maximum atomic E-state index is 12.9. The Balaban J connectivity index is 1.61. The second-order valence-electron chi connectivity index (χ2n) is 7.52. The fraction of sp³-hybridized carbons (Fsp3) is 0.200. The average Bonchev–Trinajstić information content (AvgIpc) is 2.78. The van der Waals surface area contributed by atoms with Gasteiger partial charge in [-0.05, 0) is 34.9 Å². The van der Waals surface area contributed by atoms with E-state index in [1.165, 1.54) is 12.1 Å². The van der Waals surface area contributed by atoms with Crippen molar-refractivity contribution >= 4 is 11.8 Å². The van der Waals surface area contributed by atoms with Gasteiger partial charge < -0.3 is 15.8 Å². The van der Waals surface area contributed by atoms with Crippen LogP contribution in [0, 0.1) is 0 Å². The van der Waals surface area contributed by atoms with Crippen LogP contribution in [-0.4, -0.2) is 17.9 Å². The van der Waals surface area contributed by atoms with Crippen LogP contribution in [0.3, 0.4) is 0 Å². The van der Waals surface area contributed by atoms with Gasteiger partial charge in [0.05, 0.1) is 12.0 Å². The number of hydrogen-bond acceptors (Lipinski definition) is 3. The zero-order chi connectivity index (χ0) is 23.8. The molecule has 0 fully saturated rings. The van der Waals surface area contributed by atoms with Crippen molar-refractivity contribution in [3.05, 3.63) is 101 Å². The number of benzene rings is 3. The summed E-state index contributed by atoms with van der Waals surface area (Å²) in [5.41, 5.74) is 6.50. The van der Waals surface area contributed by atoms with Crippen molar-refractivity contribution in [1.82, 2.24) is 5.32 Å². The molecule has 0 aromatic heterocycles. The Kier molecular flexibility index (Phi) is 7.71. The van der Waals surface area contributed by atoms with Crippen LogP contribution in [0.1, 0.15) is 22.3 Å². The van der Waals surface area contributed by atoms with Gasteiger partial charge in [-0.15, -0.1) is 0 Å². The van der Waals surface area contributed by atoms with Gasteiger partial charge in [-0.3, -0.25) is 9.59 Å². The predicted molar refractivity (Wildman–Crippen MR) is 117 cm³/mol. The molecule has 0 unspecified atom stereocenters. The van der Waals surface area contributed by atoms with Gasteiger partial charge in [-0.1, -0.05) is 60.7 Å². The number of carbonyl (C=O) groups excluding carboxylic acids is 2. The van der Waals surface area contributed by atoms with Gasteiger partial charge in [0.15, 0.2) is 0 Å².